The fraction of sp³-hybridized carbons (Fsp3) is 1.00. The summed E-state index contributed by atoms with van der Waals surface area (Å²) in [6, 6.07) is 0. The van der Waals surface area contributed by atoms with Crippen molar-refractivity contribution in [2.24, 2.45) is 0 Å². The molecule has 0 amide bonds. The van der Waals surface area contributed by atoms with Gasteiger partial charge in [-0.1, -0.05) is 0 Å². The van der Waals surface area contributed by atoms with Crippen LogP contribution in [-0.4, -0.2) is 40.0 Å². The van der Waals surface area contributed by atoms with E-state index >= 15 is 0 Å². The van der Waals surface area contributed by atoms with Gasteiger partial charge in [0, 0.05) is 0 Å². The van der Waals surface area contributed by atoms with Crippen LogP contribution in [0.25, 0.3) is 0 Å². The van der Waals surface area contributed by atoms with Gasteiger partial charge in [0.25, 0.3) is 0 Å². The Hall–Kier alpha value is 1.32. The summed E-state index contributed by atoms with van der Waals surface area (Å²) in [4.78, 5) is 0. The molecule has 0 aromatic rings. The van der Waals surface area contributed by atoms with E-state index in [1.807, 2.05) is 0 Å². The molecule has 0 bridgehead atoms. The number of rotatable bonds is 3. The molecule has 0 rings (SSSR count). The number of hydrogen-bond donors (Lipinski definition) is 0. The number of nitrogens with zero attached hydrogens (tertiary/aromatic N) is 1. The first kappa shape index (κ1) is 14.3. The summed E-state index contributed by atoms with van der Waals surface area (Å²) in [7, 11) is -2.13. The van der Waals surface area contributed by atoms with Crippen LogP contribution in [0.15, 0.2) is 0 Å². The quantitative estimate of drug-likeness (QED) is 0.638. The fourth-order valence-corrected chi connectivity index (χ4v) is 62.0. The van der Waals surface area contributed by atoms with Gasteiger partial charge in [-0.05, 0) is 0 Å². The molecule has 0 radical (unpaired) electrons. The molecule has 0 aliphatic carbocycles. The molecule has 0 heterocycles. The topological polar surface area (TPSA) is 3.24 Å². The van der Waals surface area contributed by atoms with E-state index < -0.39 is 37.9 Å². The molecular formula is C9H27NPbSi2. The van der Waals surface area contributed by atoms with Crippen LogP contribution in [0.5, 0.6) is 0 Å². The van der Waals surface area contributed by atoms with E-state index in [4.69, 9.17) is 0 Å². The average molecular weight is 413 g/mol. The molecule has 1 nitrogen and oxygen atoms in total. The van der Waals surface area contributed by atoms with Crippen molar-refractivity contribution >= 4 is 37.9 Å². The number of hydrogen-bond acceptors (Lipinski definition) is 1. The second kappa shape index (κ2) is 4.06. The third kappa shape index (κ3) is 4.57. The molecule has 0 unspecified atom stereocenters. The molecule has 0 aliphatic rings. The molecule has 0 aromatic carbocycles. The maximum atomic E-state index is 3.06. The standard InChI is InChI=1S/C6H18NSi2.3CH3.Pb/c1-8(2,3)7-9(4,5)6;;;;/h1-6H3;3*1H3;/q-1;;;;+1. The van der Waals surface area contributed by atoms with Gasteiger partial charge in [0.05, 0.1) is 0 Å². The molecule has 4 heteroatoms. The van der Waals surface area contributed by atoms with Crippen LogP contribution < -0.4 is 0 Å². The summed E-state index contributed by atoms with van der Waals surface area (Å²) in [5, 5.41) is 0. The van der Waals surface area contributed by atoms with Gasteiger partial charge in [-0.2, -0.15) is 0 Å². The van der Waals surface area contributed by atoms with Gasteiger partial charge in [-0.15, -0.1) is 0 Å². The first-order valence-electron chi connectivity index (χ1n) is 5.17. The predicted octanol–water partition coefficient (Wildman–Crippen LogP) is 3.79. The summed E-state index contributed by atoms with van der Waals surface area (Å²) >= 11 is -1.97. The van der Waals surface area contributed by atoms with Crippen LogP contribution in [0.1, 0.15) is 0 Å². The van der Waals surface area contributed by atoms with E-state index in [2.05, 4.69) is 54.8 Å². The fourth-order valence-electron chi connectivity index (χ4n) is 3.02. The molecule has 0 N–H and O–H groups in total. The Labute approximate surface area is 92.2 Å². The van der Waals surface area contributed by atoms with E-state index in [-0.39, 0.29) is 0 Å². The molecule has 0 saturated heterocycles. The molecule has 0 aliphatic heterocycles. The van der Waals surface area contributed by atoms with Crippen molar-refractivity contribution in [1.82, 2.24) is 2.04 Å². The molecule has 0 atom stereocenters. The molecule has 13 heavy (non-hydrogen) atoms. The van der Waals surface area contributed by atoms with Gasteiger partial charge in [0.2, 0.25) is 0 Å². The Morgan fingerprint density at radius 3 is 0.923 bits per heavy atom. The minimum absolute atomic E-state index is 1.06. The van der Waals surface area contributed by atoms with Gasteiger partial charge >= 0.3 is 92.7 Å². The first-order chi connectivity index (χ1) is 5.37. The van der Waals surface area contributed by atoms with Crippen LogP contribution in [0, 0.1) is 0 Å². The predicted molar refractivity (Wildman–Crippen MR) is 71.9 cm³/mol. The van der Waals surface area contributed by atoms with Crippen molar-refractivity contribution in [2.45, 2.75) is 52.7 Å². The van der Waals surface area contributed by atoms with Crippen molar-refractivity contribution in [1.29, 1.82) is 0 Å². The Balaban J connectivity index is 5.02. The zero-order chi connectivity index (χ0) is 11.1. The molecule has 0 fully saturated rings. The van der Waals surface area contributed by atoms with Crippen LogP contribution >= 0.6 is 0 Å². The third-order valence-electron chi connectivity index (χ3n) is 2.01. The van der Waals surface area contributed by atoms with Gasteiger partial charge in [-0.3, -0.25) is 0 Å². The van der Waals surface area contributed by atoms with E-state index in [1.165, 1.54) is 0 Å². The van der Waals surface area contributed by atoms with Crippen molar-refractivity contribution < 1.29 is 0 Å². The Morgan fingerprint density at radius 1 is 0.692 bits per heavy atom. The van der Waals surface area contributed by atoms with Crippen molar-refractivity contribution in [3.05, 3.63) is 0 Å². The van der Waals surface area contributed by atoms with E-state index in [0.717, 1.165) is 0 Å². The summed E-state index contributed by atoms with van der Waals surface area (Å²) in [5.74, 6) is 0. The molecule has 0 spiro atoms. The zero-order valence-corrected chi connectivity index (χ0v) is 16.8. The van der Waals surface area contributed by atoms with Crippen LogP contribution in [0.2, 0.25) is 52.7 Å². The second-order valence-electron chi connectivity index (χ2n) is 6.85. The van der Waals surface area contributed by atoms with Gasteiger partial charge in [0.1, 0.15) is 0 Å². The van der Waals surface area contributed by atoms with Gasteiger partial charge < -0.3 is 0 Å². The molecule has 0 saturated carbocycles. The maximum absolute atomic E-state index is 3.06. The summed E-state index contributed by atoms with van der Waals surface area (Å²) in [5.41, 5.74) is 0. The molecule has 0 aromatic heterocycles. The summed E-state index contributed by atoms with van der Waals surface area (Å²) in [6.07, 6.45) is 0. The second-order valence-corrected chi connectivity index (χ2v) is 39.0. The van der Waals surface area contributed by atoms with Crippen LogP contribution in [0.3, 0.4) is 0 Å². The zero-order valence-electron chi connectivity index (χ0n) is 10.9. The van der Waals surface area contributed by atoms with Gasteiger partial charge in [-0.25, -0.2) is 0 Å². The Kier molecular flexibility index (Phi) is 4.47. The molecular weight excluding hydrogens is 385 g/mol. The minimum atomic E-state index is -1.97. The van der Waals surface area contributed by atoms with Crippen LogP contribution in [0.4, 0.5) is 0 Å². The summed E-state index contributed by atoms with van der Waals surface area (Å²) in [6.45, 7) is 15.1. The van der Waals surface area contributed by atoms with Crippen molar-refractivity contribution in [3.8, 4) is 0 Å². The normalized spacial score (nSPS) is 15.2. The van der Waals surface area contributed by atoms with E-state index in [1.54, 1.807) is 0 Å². The monoisotopic (exact) mass is 413 g/mol. The Bertz CT molecular complexity index is 140. The summed E-state index contributed by atoms with van der Waals surface area (Å²) < 4.78 is 10.8. The van der Waals surface area contributed by atoms with Crippen LogP contribution in [-0.2, 0) is 0 Å². The Morgan fingerprint density at radius 2 is 0.923 bits per heavy atom. The van der Waals surface area contributed by atoms with E-state index in [9.17, 15) is 0 Å². The third-order valence-corrected chi connectivity index (χ3v) is 41.4. The SMILES string of the molecule is C[Si](C)(C)[N]([Si](C)(C)C)[Pb]([CH3])([CH3])[CH3]. The first-order valence-corrected chi connectivity index (χ1v) is 25.5. The van der Waals surface area contributed by atoms with Gasteiger partial charge in [0.15, 0.2) is 0 Å². The molecule has 80 valence electrons. The average Bonchev–Trinajstić information content (AvgIpc) is 1.44. The van der Waals surface area contributed by atoms with Crippen molar-refractivity contribution in [3.63, 3.8) is 0 Å². The van der Waals surface area contributed by atoms with E-state index in [0.29, 0.717) is 0 Å². The van der Waals surface area contributed by atoms with Crippen molar-refractivity contribution in [2.75, 3.05) is 0 Å².